The second-order valence-electron chi connectivity index (χ2n) is 8.75. The van der Waals surface area contributed by atoms with Crippen molar-refractivity contribution in [2.24, 2.45) is 0 Å². The summed E-state index contributed by atoms with van der Waals surface area (Å²) in [6.45, 7) is 8.30. The van der Waals surface area contributed by atoms with Crippen LogP contribution < -0.4 is 0 Å². The van der Waals surface area contributed by atoms with Gasteiger partial charge in [-0.15, -0.1) is 0 Å². The maximum Gasteiger partial charge on any atom is 0.419 e. The second-order valence-corrected chi connectivity index (χ2v) is 8.75. The van der Waals surface area contributed by atoms with E-state index in [4.69, 9.17) is 9.47 Å². The fourth-order valence-corrected chi connectivity index (χ4v) is 4.01. The fourth-order valence-electron chi connectivity index (χ4n) is 4.01. The van der Waals surface area contributed by atoms with Crippen LogP contribution in [0.5, 0.6) is 0 Å². The molecule has 3 atom stereocenters. The predicted octanol–water partition coefficient (Wildman–Crippen LogP) is 4.91. The van der Waals surface area contributed by atoms with Crippen molar-refractivity contribution in [1.82, 2.24) is 9.47 Å². The molecule has 1 unspecified atom stereocenters. The average Bonchev–Trinajstić information content (AvgIpc) is 3.28. The molecule has 6 heteroatoms. The highest BCUT2D eigenvalue weighted by Crippen LogP contribution is 2.47. The highest BCUT2D eigenvalue weighted by atomic mass is 16.6. The van der Waals surface area contributed by atoms with Gasteiger partial charge in [0.05, 0.1) is 18.2 Å². The first kappa shape index (κ1) is 21.1. The van der Waals surface area contributed by atoms with E-state index in [-0.39, 0.29) is 18.1 Å². The minimum atomic E-state index is -0.602. The van der Waals surface area contributed by atoms with E-state index in [0.717, 1.165) is 22.0 Å². The highest BCUT2D eigenvalue weighted by molar-refractivity contribution is 5.94. The van der Waals surface area contributed by atoms with Gasteiger partial charge in [-0.25, -0.2) is 4.79 Å². The zero-order chi connectivity index (χ0) is 22.2. The van der Waals surface area contributed by atoms with Gasteiger partial charge in [0.25, 0.3) is 0 Å². The molecule has 6 nitrogen and oxygen atoms in total. The molecule has 4 rings (SSSR count). The lowest BCUT2D eigenvalue weighted by atomic mass is 10.1. The monoisotopic (exact) mass is 420 g/mol. The molecule has 0 aliphatic carbocycles. The summed E-state index contributed by atoms with van der Waals surface area (Å²) >= 11 is 0. The average molecular weight is 421 g/mol. The van der Waals surface area contributed by atoms with Crippen molar-refractivity contribution in [2.75, 3.05) is 6.61 Å². The Morgan fingerprint density at radius 2 is 1.68 bits per heavy atom. The number of carbonyl (C=O) groups is 2. The van der Waals surface area contributed by atoms with Crippen LogP contribution in [0.25, 0.3) is 10.9 Å². The Bertz CT molecular complexity index is 1100. The Morgan fingerprint density at radius 1 is 1.00 bits per heavy atom. The fraction of sp³-hybridized carbons (Fsp3) is 0.360. The number of hydrogen-bond donors (Lipinski definition) is 0. The molecular weight excluding hydrogens is 392 g/mol. The Hall–Kier alpha value is -3.12. The number of para-hydroxylation sites is 1. The van der Waals surface area contributed by atoms with Gasteiger partial charge in [-0.1, -0.05) is 48.5 Å². The number of fused-ring (bicyclic) bond motifs is 1. The lowest BCUT2D eigenvalue weighted by Gasteiger charge is -2.19. The van der Waals surface area contributed by atoms with Crippen LogP contribution in [0.2, 0.25) is 0 Å². The van der Waals surface area contributed by atoms with E-state index in [1.54, 1.807) is 6.20 Å². The number of benzene rings is 2. The quantitative estimate of drug-likeness (QED) is 0.433. The molecule has 1 aliphatic rings. The molecule has 1 fully saturated rings. The molecule has 1 aliphatic heterocycles. The first-order chi connectivity index (χ1) is 14.8. The minimum absolute atomic E-state index is 0.159. The molecule has 1 saturated heterocycles. The van der Waals surface area contributed by atoms with Crippen molar-refractivity contribution in [3.05, 3.63) is 71.9 Å². The maximum atomic E-state index is 12.9. The van der Waals surface area contributed by atoms with E-state index in [9.17, 15) is 9.59 Å². The molecule has 2 heterocycles. The number of hydrogen-bond acceptors (Lipinski definition) is 5. The molecule has 0 radical (unpaired) electrons. The second kappa shape index (κ2) is 8.19. The van der Waals surface area contributed by atoms with E-state index in [1.807, 2.05) is 82.3 Å². The Balaban J connectivity index is 1.72. The van der Waals surface area contributed by atoms with E-state index in [1.165, 1.54) is 4.57 Å². The first-order valence-corrected chi connectivity index (χ1v) is 10.6. The first-order valence-electron chi connectivity index (χ1n) is 10.6. The van der Waals surface area contributed by atoms with Gasteiger partial charge < -0.3 is 9.47 Å². The van der Waals surface area contributed by atoms with Crippen LogP contribution in [-0.4, -0.2) is 39.8 Å². The van der Waals surface area contributed by atoms with E-state index < -0.39 is 11.7 Å². The lowest BCUT2D eigenvalue weighted by molar-refractivity contribution is -0.143. The number of rotatable bonds is 5. The number of nitrogens with zero attached hydrogens (tertiary/aromatic N) is 2. The Kier molecular flexibility index (Phi) is 5.58. The van der Waals surface area contributed by atoms with Gasteiger partial charge in [0, 0.05) is 18.1 Å². The van der Waals surface area contributed by atoms with Crippen molar-refractivity contribution in [2.45, 2.75) is 51.9 Å². The highest BCUT2D eigenvalue weighted by Gasteiger charge is 2.55. The molecule has 3 aromatic rings. The van der Waals surface area contributed by atoms with E-state index >= 15 is 0 Å². The van der Waals surface area contributed by atoms with Crippen LogP contribution >= 0.6 is 0 Å². The molecule has 0 bridgehead atoms. The summed E-state index contributed by atoms with van der Waals surface area (Å²) in [6.07, 6.45) is 1.37. The molecule has 0 spiro atoms. The minimum Gasteiger partial charge on any atom is -0.465 e. The molecular formula is C25H28N2O4. The lowest BCUT2D eigenvalue weighted by Crippen LogP contribution is -2.26. The predicted molar refractivity (Wildman–Crippen MR) is 119 cm³/mol. The molecule has 162 valence electrons. The normalized spacial score (nSPS) is 20.5. The standard InChI is InChI=1S/C25H28N2O4/c1-5-30-23(28)22-21(27(22)15-17-11-7-6-8-12-17)19-16-26(24(29)31-25(2,3)4)20-14-10-9-13-18(19)20/h6-14,16,21-22H,5,15H2,1-4H3/t21-,22-,27?/m0/s1. The number of esters is 1. The van der Waals surface area contributed by atoms with Gasteiger partial charge in [0.15, 0.2) is 0 Å². The van der Waals surface area contributed by atoms with Crippen LogP contribution in [0, 0.1) is 0 Å². The van der Waals surface area contributed by atoms with Crippen molar-refractivity contribution in [1.29, 1.82) is 0 Å². The number of ether oxygens (including phenoxy) is 2. The van der Waals surface area contributed by atoms with Crippen molar-refractivity contribution < 1.29 is 19.1 Å². The van der Waals surface area contributed by atoms with Gasteiger partial charge in [-0.2, -0.15) is 0 Å². The molecule has 2 aromatic carbocycles. The van der Waals surface area contributed by atoms with Crippen LogP contribution in [-0.2, 0) is 20.8 Å². The number of aromatic nitrogens is 1. The van der Waals surface area contributed by atoms with Gasteiger partial charge in [0.1, 0.15) is 11.6 Å². The molecule has 0 amide bonds. The van der Waals surface area contributed by atoms with E-state index in [2.05, 4.69) is 4.90 Å². The van der Waals surface area contributed by atoms with Crippen molar-refractivity contribution in [3.8, 4) is 0 Å². The zero-order valence-corrected chi connectivity index (χ0v) is 18.4. The molecule has 0 saturated carbocycles. The van der Waals surface area contributed by atoms with Crippen LogP contribution in [0.15, 0.2) is 60.8 Å². The van der Waals surface area contributed by atoms with Crippen molar-refractivity contribution >= 4 is 23.0 Å². The third-order valence-corrected chi connectivity index (χ3v) is 5.31. The Morgan fingerprint density at radius 3 is 2.35 bits per heavy atom. The van der Waals surface area contributed by atoms with Gasteiger partial charge in [-0.05, 0) is 44.9 Å². The summed E-state index contributed by atoms with van der Waals surface area (Å²) < 4.78 is 12.5. The summed E-state index contributed by atoms with van der Waals surface area (Å²) in [7, 11) is 0. The topological polar surface area (TPSA) is 60.5 Å². The van der Waals surface area contributed by atoms with Gasteiger partial charge in [0.2, 0.25) is 0 Å². The van der Waals surface area contributed by atoms with Crippen LogP contribution in [0.1, 0.15) is 44.9 Å². The van der Waals surface area contributed by atoms with Crippen LogP contribution in [0.3, 0.4) is 0 Å². The van der Waals surface area contributed by atoms with Gasteiger partial charge >= 0.3 is 12.1 Å². The van der Waals surface area contributed by atoms with Gasteiger partial charge in [-0.3, -0.25) is 14.3 Å². The number of carbonyl (C=O) groups excluding carboxylic acids is 2. The maximum absolute atomic E-state index is 12.9. The summed E-state index contributed by atoms with van der Waals surface area (Å²) in [4.78, 5) is 27.7. The molecule has 0 N–H and O–H groups in total. The summed E-state index contributed by atoms with van der Waals surface area (Å²) in [5.41, 5.74) is 2.21. The summed E-state index contributed by atoms with van der Waals surface area (Å²) in [5.74, 6) is -0.238. The summed E-state index contributed by atoms with van der Waals surface area (Å²) in [5, 5.41) is 0.934. The third-order valence-electron chi connectivity index (χ3n) is 5.31. The smallest absolute Gasteiger partial charge is 0.419 e. The zero-order valence-electron chi connectivity index (χ0n) is 18.4. The van der Waals surface area contributed by atoms with Crippen molar-refractivity contribution in [3.63, 3.8) is 0 Å². The SMILES string of the molecule is CCOC(=O)[C@@H]1[C@H](c2cn(C(=O)OC(C)(C)C)c3ccccc23)N1Cc1ccccc1. The Labute approximate surface area is 182 Å². The van der Waals surface area contributed by atoms with Crippen LogP contribution in [0.4, 0.5) is 4.79 Å². The largest absolute Gasteiger partial charge is 0.465 e. The molecule has 1 aromatic heterocycles. The third kappa shape index (κ3) is 4.35. The summed E-state index contributed by atoms with van der Waals surface area (Å²) in [6, 6.07) is 17.2. The van der Waals surface area contributed by atoms with E-state index in [0.29, 0.717) is 13.2 Å². The molecule has 31 heavy (non-hydrogen) atoms.